The summed E-state index contributed by atoms with van der Waals surface area (Å²) in [5.74, 6) is 0.294. The van der Waals surface area contributed by atoms with E-state index in [1.807, 2.05) is 0 Å². The number of hydrogen-bond acceptors (Lipinski definition) is 3. The molecule has 3 nitrogen and oxygen atoms in total. The number of benzene rings is 1. The summed E-state index contributed by atoms with van der Waals surface area (Å²) in [4.78, 5) is 17.8. The maximum atomic E-state index is 12.8. The second-order valence-electron chi connectivity index (χ2n) is 5.59. The Labute approximate surface area is 127 Å². The predicted octanol–water partition coefficient (Wildman–Crippen LogP) is 3.59. The van der Waals surface area contributed by atoms with Gasteiger partial charge in [-0.2, -0.15) is 0 Å². The molecule has 1 aliphatic rings. The lowest BCUT2D eigenvalue weighted by molar-refractivity contribution is -0.115. The first kappa shape index (κ1) is 14.2. The molecule has 0 bridgehead atoms. The molecule has 2 aromatic rings. The summed E-state index contributed by atoms with van der Waals surface area (Å²) in [5.41, 5.74) is 1.93. The lowest BCUT2D eigenvalue weighted by atomic mass is 9.93. The summed E-state index contributed by atoms with van der Waals surface area (Å²) in [5, 5.41) is 3.53. The number of halogens is 1. The molecule has 110 valence electrons. The van der Waals surface area contributed by atoms with E-state index in [-0.39, 0.29) is 18.1 Å². The van der Waals surface area contributed by atoms with E-state index in [4.69, 9.17) is 0 Å². The van der Waals surface area contributed by atoms with Gasteiger partial charge in [0.25, 0.3) is 0 Å². The minimum absolute atomic E-state index is 0.110. The number of amides is 1. The highest BCUT2D eigenvalue weighted by molar-refractivity contribution is 7.15. The van der Waals surface area contributed by atoms with Crippen LogP contribution in [0.15, 0.2) is 24.3 Å². The number of aryl methyl sites for hydroxylation is 1. The molecular weight excluding hydrogens is 287 g/mol. The first-order chi connectivity index (χ1) is 10.1. The van der Waals surface area contributed by atoms with Crippen LogP contribution in [-0.2, 0) is 24.1 Å². The van der Waals surface area contributed by atoms with Gasteiger partial charge in [0.2, 0.25) is 5.91 Å². The van der Waals surface area contributed by atoms with Crippen molar-refractivity contribution in [1.82, 2.24) is 4.98 Å². The van der Waals surface area contributed by atoms with Gasteiger partial charge >= 0.3 is 0 Å². The van der Waals surface area contributed by atoms with Crippen molar-refractivity contribution in [3.8, 4) is 0 Å². The maximum absolute atomic E-state index is 12.8. The number of rotatable bonds is 3. The minimum atomic E-state index is -0.291. The van der Waals surface area contributed by atoms with E-state index >= 15 is 0 Å². The highest BCUT2D eigenvalue weighted by Crippen LogP contribution is 2.32. The minimum Gasteiger partial charge on any atom is -0.302 e. The average Bonchev–Trinajstić information content (AvgIpc) is 2.82. The van der Waals surface area contributed by atoms with Crippen LogP contribution in [0.2, 0.25) is 0 Å². The SMILES string of the molecule is C[C@@H]1CCc2nc(NC(=O)Cc3ccc(F)cc3)sc2C1. The molecule has 0 unspecified atom stereocenters. The van der Waals surface area contributed by atoms with Crippen LogP contribution in [0.3, 0.4) is 0 Å². The van der Waals surface area contributed by atoms with E-state index in [0.29, 0.717) is 11.0 Å². The average molecular weight is 304 g/mol. The van der Waals surface area contributed by atoms with Crippen LogP contribution in [0.4, 0.5) is 9.52 Å². The van der Waals surface area contributed by atoms with Gasteiger partial charge in [0.15, 0.2) is 5.13 Å². The zero-order valence-electron chi connectivity index (χ0n) is 11.9. The number of hydrogen-bond donors (Lipinski definition) is 1. The summed E-state index contributed by atoms with van der Waals surface area (Å²) in [6.45, 7) is 2.25. The Balaban J connectivity index is 1.64. The molecule has 1 atom stereocenters. The first-order valence-electron chi connectivity index (χ1n) is 7.13. The number of carbonyl (C=O) groups excluding carboxylic acids is 1. The van der Waals surface area contributed by atoms with Gasteiger partial charge in [-0.1, -0.05) is 19.1 Å². The fourth-order valence-corrected chi connectivity index (χ4v) is 3.73. The van der Waals surface area contributed by atoms with E-state index in [0.717, 1.165) is 24.1 Å². The van der Waals surface area contributed by atoms with E-state index < -0.39 is 0 Å². The molecule has 0 saturated heterocycles. The van der Waals surface area contributed by atoms with Crippen LogP contribution < -0.4 is 5.32 Å². The molecule has 21 heavy (non-hydrogen) atoms. The molecule has 0 saturated carbocycles. The van der Waals surface area contributed by atoms with Crippen molar-refractivity contribution in [3.05, 3.63) is 46.2 Å². The fraction of sp³-hybridized carbons (Fsp3) is 0.375. The third-order valence-electron chi connectivity index (χ3n) is 3.71. The van der Waals surface area contributed by atoms with Gasteiger partial charge in [-0.05, 0) is 42.9 Å². The summed E-state index contributed by atoms with van der Waals surface area (Å²) in [6, 6.07) is 5.99. The lowest BCUT2D eigenvalue weighted by Crippen LogP contribution is -2.14. The largest absolute Gasteiger partial charge is 0.302 e. The molecule has 0 spiro atoms. The van der Waals surface area contributed by atoms with Crippen LogP contribution in [0.5, 0.6) is 0 Å². The Bertz CT molecular complexity index is 651. The van der Waals surface area contributed by atoms with Gasteiger partial charge in [0.1, 0.15) is 5.82 Å². The van der Waals surface area contributed by atoms with Gasteiger partial charge in [-0.15, -0.1) is 11.3 Å². The van der Waals surface area contributed by atoms with Crippen molar-refractivity contribution >= 4 is 22.4 Å². The summed E-state index contributed by atoms with van der Waals surface area (Å²) in [6.07, 6.45) is 3.46. The normalized spacial score (nSPS) is 17.3. The van der Waals surface area contributed by atoms with Gasteiger partial charge in [-0.25, -0.2) is 9.37 Å². The number of fused-ring (bicyclic) bond motifs is 1. The predicted molar refractivity (Wildman–Crippen MR) is 82.0 cm³/mol. The maximum Gasteiger partial charge on any atom is 0.230 e. The van der Waals surface area contributed by atoms with Gasteiger partial charge in [0.05, 0.1) is 12.1 Å². The number of thiazole rings is 1. The molecular formula is C16H17FN2OS. The molecule has 5 heteroatoms. The van der Waals surface area contributed by atoms with Gasteiger partial charge < -0.3 is 5.32 Å². The monoisotopic (exact) mass is 304 g/mol. The Morgan fingerprint density at radius 2 is 2.19 bits per heavy atom. The number of anilines is 1. The summed E-state index contributed by atoms with van der Waals surface area (Å²) in [7, 11) is 0. The third-order valence-corrected chi connectivity index (χ3v) is 4.75. The molecule has 0 fully saturated rings. The molecule has 1 N–H and O–H groups in total. The molecule has 1 aromatic heterocycles. The Kier molecular flexibility index (Phi) is 4.01. The van der Waals surface area contributed by atoms with Crippen molar-refractivity contribution in [3.63, 3.8) is 0 Å². The van der Waals surface area contributed by atoms with Crippen LogP contribution in [0.25, 0.3) is 0 Å². The van der Waals surface area contributed by atoms with Crippen molar-refractivity contribution in [2.45, 2.75) is 32.6 Å². The van der Waals surface area contributed by atoms with E-state index in [1.165, 1.54) is 23.4 Å². The van der Waals surface area contributed by atoms with E-state index in [9.17, 15) is 9.18 Å². The molecule has 1 aromatic carbocycles. The van der Waals surface area contributed by atoms with Gasteiger partial charge in [0, 0.05) is 4.88 Å². The Morgan fingerprint density at radius 3 is 2.95 bits per heavy atom. The van der Waals surface area contributed by atoms with Crippen molar-refractivity contribution in [1.29, 1.82) is 0 Å². The van der Waals surface area contributed by atoms with Crippen LogP contribution in [0.1, 0.15) is 29.5 Å². The van der Waals surface area contributed by atoms with Crippen LogP contribution >= 0.6 is 11.3 Å². The van der Waals surface area contributed by atoms with Crippen molar-refractivity contribution < 1.29 is 9.18 Å². The summed E-state index contributed by atoms with van der Waals surface area (Å²) < 4.78 is 12.8. The standard InChI is InChI=1S/C16H17FN2OS/c1-10-2-7-13-14(8-10)21-16(18-13)19-15(20)9-11-3-5-12(17)6-4-11/h3-6,10H,2,7-9H2,1H3,(H,18,19,20)/t10-/m1/s1. The number of aromatic nitrogens is 1. The quantitative estimate of drug-likeness (QED) is 0.941. The topological polar surface area (TPSA) is 42.0 Å². The second-order valence-corrected chi connectivity index (χ2v) is 6.67. The Hall–Kier alpha value is -1.75. The van der Waals surface area contributed by atoms with E-state index in [2.05, 4.69) is 17.2 Å². The molecule has 0 aliphatic heterocycles. The molecule has 1 aliphatic carbocycles. The zero-order chi connectivity index (χ0) is 14.8. The van der Waals surface area contributed by atoms with Crippen LogP contribution in [-0.4, -0.2) is 10.9 Å². The van der Waals surface area contributed by atoms with Crippen LogP contribution in [0, 0.1) is 11.7 Å². The van der Waals surface area contributed by atoms with Crippen molar-refractivity contribution in [2.75, 3.05) is 5.32 Å². The highest BCUT2D eigenvalue weighted by Gasteiger charge is 2.20. The zero-order valence-corrected chi connectivity index (χ0v) is 12.7. The number of carbonyl (C=O) groups is 1. The highest BCUT2D eigenvalue weighted by atomic mass is 32.1. The molecule has 3 rings (SSSR count). The number of nitrogens with one attached hydrogen (secondary N) is 1. The lowest BCUT2D eigenvalue weighted by Gasteiger charge is -2.15. The third kappa shape index (κ3) is 3.47. The Morgan fingerprint density at radius 1 is 1.43 bits per heavy atom. The number of nitrogens with zero attached hydrogens (tertiary/aromatic N) is 1. The molecule has 1 heterocycles. The fourth-order valence-electron chi connectivity index (χ4n) is 2.54. The summed E-state index contributed by atoms with van der Waals surface area (Å²) >= 11 is 1.58. The molecule has 1 amide bonds. The second kappa shape index (κ2) is 5.93. The first-order valence-corrected chi connectivity index (χ1v) is 7.94. The smallest absolute Gasteiger partial charge is 0.230 e. The van der Waals surface area contributed by atoms with Crippen molar-refractivity contribution in [2.24, 2.45) is 5.92 Å². The van der Waals surface area contributed by atoms with Gasteiger partial charge in [-0.3, -0.25) is 4.79 Å². The van der Waals surface area contributed by atoms with E-state index in [1.54, 1.807) is 23.5 Å². The molecule has 0 radical (unpaired) electrons.